The zero-order chi connectivity index (χ0) is 17.0. The first-order chi connectivity index (χ1) is 11.0. The van der Waals surface area contributed by atoms with Crippen molar-refractivity contribution in [3.05, 3.63) is 12.2 Å². The number of likely N-dealkylation sites (tertiary alicyclic amines) is 1. The highest BCUT2D eigenvalue weighted by Gasteiger charge is 2.54. The molecule has 0 aromatic heterocycles. The molecule has 0 spiro atoms. The molecule has 6 nitrogen and oxygen atoms in total. The fraction of sp³-hybridized carbons (Fsp3) is 0.706. The van der Waals surface area contributed by atoms with Gasteiger partial charge in [-0.3, -0.25) is 19.3 Å². The minimum Gasteiger partial charge on any atom is -0.468 e. The second-order valence-corrected chi connectivity index (χ2v) is 6.26. The van der Waals surface area contributed by atoms with Gasteiger partial charge < -0.3 is 9.47 Å². The molecule has 0 N–H and O–H groups in total. The average molecular weight is 323 g/mol. The fourth-order valence-corrected chi connectivity index (χ4v) is 4.01. The number of ketones is 1. The molecule has 23 heavy (non-hydrogen) atoms. The molecule has 1 aliphatic heterocycles. The Balaban J connectivity index is 2.42. The normalized spacial score (nSPS) is 32.3. The molecular weight excluding hydrogens is 298 g/mol. The molecule has 4 atom stereocenters. The molecule has 0 bridgehead atoms. The number of rotatable bonds is 4. The van der Waals surface area contributed by atoms with Gasteiger partial charge in [-0.2, -0.15) is 0 Å². The second kappa shape index (κ2) is 7.73. The van der Waals surface area contributed by atoms with Gasteiger partial charge in [0.2, 0.25) is 0 Å². The Kier molecular flexibility index (Phi) is 5.93. The minimum atomic E-state index is -0.565. The maximum Gasteiger partial charge on any atom is 0.323 e. The number of hydrogen-bond acceptors (Lipinski definition) is 6. The lowest BCUT2D eigenvalue weighted by Gasteiger charge is -2.27. The monoisotopic (exact) mass is 323 g/mol. The Bertz CT molecular complexity index is 465. The zero-order valence-corrected chi connectivity index (χ0v) is 14.0. The number of fused-ring (bicyclic) bond motifs is 1. The molecule has 0 radical (unpaired) electrons. The van der Waals surface area contributed by atoms with Crippen LogP contribution in [0.2, 0.25) is 0 Å². The van der Waals surface area contributed by atoms with Crippen molar-refractivity contribution in [1.29, 1.82) is 0 Å². The number of ether oxygens (including phenoxy) is 2. The molecular formula is C17H25NO5. The van der Waals surface area contributed by atoms with Crippen LogP contribution in [0.4, 0.5) is 0 Å². The molecule has 1 saturated heterocycles. The van der Waals surface area contributed by atoms with Gasteiger partial charge in [-0.05, 0) is 44.4 Å². The van der Waals surface area contributed by atoms with Crippen molar-refractivity contribution in [2.45, 2.75) is 44.7 Å². The number of carbonyl (C=O) groups is 3. The number of hydrogen-bond donors (Lipinski definition) is 0. The van der Waals surface area contributed by atoms with Crippen LogP contribution in [-0.4, -0.2) is 55.5 Å². The van der Waals surface area contributed by atoms with E-state index in [1.807, 2.05) is 0 Å². The van der Waals surface area contributed by atoms with E-state index in [1.54, 1.807) is 4.90 Å². The summed E-state index contributed by atoms with van der Waals surface area (Å²) in [5.74, 6) is -0.846. The Morgan fingerprint density at radius 3 is 1.74 bits per heavy atom. The van der Waals surface area contributed by atoms with Crippen LogP contribution >= 0.6 is 0 Å². The molecule has 0 aromatic carbocycles. The minimum absolute atomic E-state index is 0.00384. The van der Waals surface area contributed by atoms with Gasteiger partial charge in [0.25, 0.3) is 0 Å². The van der Waals surface area contributed by atoms with Crippen LogP contribution in [0.1, 0.15) is 32.6 Å². The summed E-state index contributed by atoms with van der Waals surface area (Å²) in [6.07, 6.45) is 7.54. The summed E-state index contributed by atoms with van der Waals surface area (Å²) in [6, 6.07) is -1.13. The molecule has 1 heterocycles. The SMILES string of the molecule is COC(=O)C1C2CC/C=C/CCC2C(C(=O)OC)N1CC(C)=O. The van der Waals surface area contributed by atoms with Gasteiger partial charge in [-0.15, -0.1) is 0 Å². The Morgan fingerprint density at radius 2 is 1.39 bits per heavy atom. The van der Waals surface area contributed by atoms with E-state index in [-0.39, 0.29) is 36.1 Å². The summed E-state index contributed by atoms with van der Waals surface area (Å²) < 4.78 is 9.93. The van der Waals surface area contributed by atoms with Crippen molar-refractivity contribution in [3.63, 3.8) is 0 Å². The topological polar surface area (TPSA) is 72.9 Å². The molecule has 1 fully saturated rings. The number of methoxy groups -OCH3 is 2. The lowest BCUT2D eigenvalue weighted by atomic mass is 9.79. The standard InChI is InChI=1S/C17H25NO5/c1-11(19)10-18-14(16(20)22-2)12-8-6-4-5-7-9-13(12)15(18)17(21)23-3/h4-5,12-15H,6-10H2,1-3H3/b5-4+. The van der Waals surface area contributed by atoms with Gasteiger partial charge in [-0.25, -0.2) is 0 Å². The highest BCUT2D eigenvalue weighted by molar-refractivity contribution is 5.85. The van der Waals surface area contributed by atoms with Gasteiger partial charge >= 0.3 is 11.9 Å². The number of carbonyl (C=O) groups excluding carboxylic acids is 3. The molecule has 2 aliphatic rings. The predicted molar refractivity (Wildman–Crippen MR) is 83.6 cm³/mol. The molecule has 4 unspecified atom stereocenters. The zero-order valence-electron chi connectivity index (χ0n) is 14.0. The van der Waals surface area contributed by atoms with Crippen molar-refractivity contribution >= 4 is 17.7 Å². The summed E-state index contributed by atoms with van der Waals surface area (Å²) in [5, 5.41) is 0. The van der Waals surface area contributed by atoms with E-state index >= 15 is 0 Å². The fourth-order valence-electron chi connectivity index (χ4n) is 4.01. The Hall–Kier alpha value is -1.69. The first-order valence-electron chi connectivity index (χ1n) is 8.07. The molecule has 0 amide bonds. The summed E-state index contributed by atoms with van der Waals surface area (Å²) in [7, 11) is 2.69. The van der Waals surface area contributed by atoms with E-state index in [9.17, 15) is 14.4 Å². The molecule has 128 valence electrons. The second-order valence-electron chi connectivity index (χ2n) is 6.26. The number of allylic oxidation sites excluding steroid dienone is 2. The molecule has 0 aromatic rings. The maximum atomic E-state index is 12.4. The lowest BCUT2D eigenvalue weighted by molar-refractivity contribution is -0.152. The number of nitrogens with zero attached hydrogens (tertiary/aromatic N) is 1. The quantitative estimate of drug-likeness (QED) is 0.574. The van der Waals surface area contributed by atoms with E-state index in [4.69, 9.17) is 9.47 Å². The van der Waals surface area contributed by atoms with Gasteiger partial charge in [0, 0.05) is 0 Å². The van der Waals surface area contributed by atoms with Crippen LogP contribution < -0.4 is 0 Å². The van der Waals surface area contributed by atoms with Crippen molar-refractivity contribution in [2.24, 2.45) is 11.8 Å². The van der Waals surface area contributed by atoms with Crippen molar-refractivity contribution in [2.75, 3.05) is 20.8 Å². The van der Waals surface area contributed by atoms with E-state index in [0.717, 1.165) is 25.7 Å². The van der Waals surface area contributed by atoms with Crippen LogP contribution in [0.25, 0.3) is 0 Å². The summed E-state index contributed by atoms with van der Waals surface area (Å²) in [4.78, 5) is 38.1. The number of Topliss-reactive ketones (excluding diaryl/α,β-unsaturated/α-hetero) is 1. The maximum absolute atomic E-state index is 12.4. The summed E-state index contributed by atoms with van der Waals surface area (Å²) in [6.45, 7) is 1.52. The van der Waals surface area contributed by atoms with Crippen molar-refractivity contribution in [3.8, 4) is 0 Å². The average Bonchev–Trinajstić information content (AvgIpc) is 2.77. The van der Waals surface area contributed by atoms with Gasteiger partial charge in [0.1, 0.15) is 17.9 Å². The number of esters is 2. The molecule has 0 saturated carbocycles. The third-order valence-electron chi connectivity index (χ3n) is 4.87. The first kappa shape index (κ1) is 17.7. The van der Waals surface area contributed by atoms with Crippen LogP contribution in [0.5, 0.6) is 0 Å². The Labute approximate surface area is 136 Å². The van der Waals surface area contributed by atoms with Crippen LogP contribution in [-0.2, 0) is 23.9 Å². The van der Waals surface area contributed by atoms with E-state index in [2.05, 4.69) is 12.2 Å². The third kappa shape index (κ3) is 3.63. The summed E-state index contributed by atoms with van der Waals surface area (Å²) in [5.41, 5.74) is 0. The molecule has 6 heteroatoms. The lowest BCUT2D eigenvalue weighted by Crippen LogP contribution is -2.48. The smallest absolute Gasteiger partial charge is 0.323 e. The van der Waals surface area contributed by atoms with Gasteiger partial charge in [0.15, 0.2) is 0 Å². The van der Waals surface area contributed by atoms with Gasteiger partial charge in [0.05, 0.1) is 20.8 Å². The molecule has 2 rings (SSSR count). The highest BCUT2D eigenvalue weighted by Crippen LogP contribution is 2.42. The van der Waals surface area contributed by atoms with E-state index in [0.29, 0.717) is 0 Å². The van der Waals surface area contributed by atoms with Crippen molar-refractivity contribution in [1.82, 2.24) is 4.90 Å². The largest absolute Gasteiger partial charge is 0.468 e. The summed E-state index contributed by atoms with van der Waals surface area (Å²) >= 11 is 0. The molecule has 1 aliphatic carbocycles. The van der Waals surface area contributed by atoms with Crippen LogP contribution in [0.15, 0.2) is 12.2 Å². The van der Waals surface area contributed by atoms with Crippen LogP contribution in [0, 0.1) is 11.8 Å². The highest BCUT2D eigenvalue weighted by atomic mass is 16.5. The third-order valence-corrected chi connectivity index (χ3v) is 4.87. The van der Waals surface area contributed by atoms with Crippen LogP contribution in [0.3, 0.4) is 0 Å². The van der Waals surface area contributed by atoms with E-state index in [1.165, 1.54) is 21.1 Å². The van der Waals surface area contributed by atoms with Gasteiger partial charge in [-0.1, -0.05) is 12.2 Å². The predicted octanol–water partition coefficient (Wildman–Crippen LogP) is 1.34. The van der Waals surface area contributed by atoms with Crippen molar-refractivity contribution < 1.29 is 23.9 Å². The van der Waals surface area contributed by atoms with E-state index < -0.39 is 12.1 Å². The Morgan fingerprint density at radius 1 is 0.957 bits per heavy atom. The first-order valence-corrected chi connectivity index (χ1v) is 8.07.